The first-order valence-electron chi connectivity index (χ1n) is 13.3. The van der Waals surface area contributed by atoms with E-state index in [1.54, 1.807) is 35.5 Å². The van der Waals surface area contributed by atoms with E-state index in [-0.39, 0.29) is 11.3 Å². The molecule has 0 bridgehead atoms. The number of amides is 1. The van der Waals surface area contributed by atoms with Crippen LogP contribution in [0.2, 0.25) is 0 Å². The summed E-state index contributed by atoms with van der Waals surface area (Å²) in [5.41, 5.74) is 3.04. The molecule has 1 aromatic heterocycles. The van der Waals surface area contributed by atoms with Crippen molar-refractivity contribution in [2.45, 2.75) is 26.0 Å². The number of hydrogen-bond donors (Lipinski definition) is 1. The molecule has 2 aliphatic rings. The summed E-state index contributed by atoms with van der Waals surface area (Å²) in [5, 5.41) is 11.5. The Morgan fingerprint density at radius 1 is 1.05 bits per heavy atom. The molecular formula is C31H33N3O5. The number of ether oxygens (including phenoxy) is 2. The SMILES string of the molecule is Cc1cc(OCc2ccccc2)ccc1/C(O)=C1\C(=O)C(=O)N(CCCN2CCOCC2)C1c1cccnc1. The number of carbonyl (C=O) groups excluding carboxylic acids is 2. The van der Waals surface area contributed by atoms with Crippen molar-refractivity contribution < 1.29 is 24.2 Å². The zero-order valence-electron chi connectivity index (χ0n) is 22.1. The number of benzene rings is 2. The topological polar surface area (TPSA) is 92.2 Å². The fourth-order valence-electron chi connectivity index (χ4n) is 5.16. The number of carbonyl (C=O) groups is 2. The maximum Gasteiger partial charge on any atom is 0.295 e. The number of nitrogens with zero attached hydrogens (tertiary/aromatic N) is 3. The molecule has 0 saturated carbocycles. The van der Waals surface area contributed by atoms with Crippen LogP contribution in [-0.2, 0) is 20.9 Å². The highest BCUT2D eigenvalue weighted by atomic mass is 16.5. The van der Waals surface area contributed by atoms with Gasteiger partial charge >= 0.3 is 0 Å². The van der Waals surface area contributed by atoms with Crippen LogP contribution >= 0.6 is 0 Å². The maximum absolute atomic E-state index is 13.3. The van der Waals surface area contributed by atoms with Gasteiger partial charge in [0.15, 0.2) is 0 Å². The Morgan fingerprint density at radius 2 is 1.85 bits per heavy atom. The number of hydrogen-bond acceptors (Lipinski definition) is 7. The fraction of sp³-hybridized carbons (Fsp3) is 0.323. The van der Waals surface area contributed by atoms with Crippen molar-refractivity contribution in [3.63, 3.8) is 0 Å². The fourth-order valence-corrected chi connectivity index (χ4v) is 5.16. The molecule has 8 nitrogen and oxygen atoms in total. The number of aromatic nitrogens is 1. The highest BCUT2D eigenvalue weighted by molar-refractivity contribution is 6.46. The molecule has 0 spiro atoms. The lowest BCUT2D eigenvalue weighted by Gasteiger charge is -2.29. The molecule has 1 atom stereocenters. The Morgan fingerprint density at radius 3 is 2.56 bits per heavy atom. The predicted octanol–water partition coefficient (Wildman–Crippen LogP) is 4.11. The lowest BCUT2D eigenvalue weighted by molar-refractivity contribution is -0.140. The predicted molar refractivity (Wildman–Crippen MR) is 147 cm³/mol. The summed E-state index contributed by atoms with van der Waals surface area (Å²) in [4.78, 5) is 34.6. The van der Waals surface area contributed by atoms with Crippen LogP contribution in [0.15, 0.2) is 78.6 Å². The first-order chi connectivity index (χ1) is 19.0. The molecule has 39 heavy (non-hydrogen) atoms. The van der Waals surface area contributed by atoms with Crippen molar-refractivity contribution in [2.24, 2.45) is 0 Å². The highest BCUT2D eigenvalue weighted by Gasteiger charge is 2.46. The molecule has 1 amide bonds. The molecule has 3 aromatic rings. The van der Waals surface area contributed by atoms with Gasteiger partial charge < -0.3 is 19.5 Å². The van der Waals surface area contributed by atoms with Gasteiger partial charge in [-0.3, -0.25) is 19.5 Å². The largest absolute Gasteiger partial charge is 0.507 e. The zero-order chi connectivity index (χ0) is 27.2. The van der Waals surface area contributed by atoms with Crippen molar-refractivity contribution in [1.82, 2.24) is 14.8 Å². The summed E-state index contributed by atoms with van der Waals surface area (Å²) in [6.45, 7) is 6.58. The van der Waals surface area contributed by atoms with E-state index >= 15 is 0 Å². The van der Waals surface area contributed by atoms with Gasteiger partial charge in [0.1, 0.15) is 18.1 Å². The number of likely N-dealkylation sites (tertiary alicyclic amines) is 1. The minimum Gasteiger partial charge on any atom is -0.507 e. The zero-order valence-corrected chi connectivity index (χ0v) is 22.1. The lowest BCUT2D eigenvalue weighted by Crippen LogP contribution is -2.39. The van der Waals surface area contributed by atoms with E-state index < -0.39 is 17.7 Å². The third-order valence-electron chi connectivity index (χ3n) is 7.22. The van der Waals surface area contributed by atoms with Gasteiger partial charge in [-0.1, -0.05) is 36.4 Å². The summed E-state index contributed by atoms with van der Waals surface area (Å²) >= 11 is 0. The van der Waals surface area contributed by atoms with Crippen LogP contribution in [0.5, 0.6) is 5.75 Å². The van der Waals surface area contributed by atoms with Gasteiger partial charge in [0.05, 0.1) is 24.8 Å². The first-order valence-corrected chi connectivity index (χ1v) is 13.3. The molecule has 3 heterocycles. The second-order valence-corrected chi connectivity index (χ2v) is 9.84. The number of aryl methyl sites for hydroxylation is 1. The van der Waals surface area contributed by atoms with E-state index in [0.29, 0.717) is 49.7 Å². The van der Waals surface area contributed by atoms with Crippen LogP contribution in [0.4, 0.5) is 0 Å². The van der Waals surface area contributed by atoms with Crippen LogP contribution in [0.1, 0.15) is 34.7 Å². The number of aliphatic hydroxyl groups excluding tert-OH is 1. The van der Waals surface area contributed by atoms with E-state index in [1.165, 1.54) is 0 Å². The number of aliphatic hydroxyl groups is 1. The second kappa shape index (κ2) is 12.2. The Bertz CT molecular complexity index is 1340. The minimum absolute atomic E-state index is 0.0837. The van der Waals surface area contributed by atoms with Gasteiger partial charge in [-0.2, -0.15) is 0 Å². The molecular weight excluding hydrogens is 494 g/mol. The van der Waals surface area contributed by atoms with Crippen molar-refractivity contribution in [3.8, 4) is 5.75 Å². The molecule has 202 valence electrons. The Labute approximate surface area is 228 Å². The first kappa shape index (κ1) is 26.6. The van der Waals surface area contributed by atoms with E-state index in [9.17, 15) is 14.7 Å². The number of morpholine rings is 1. The summed E-state index contributed by atoms with van der Waals surface area (Å²) in [5.74, 6) is -0.824. The lowest BCUT2D eigenvalue weighted by atomic mass is 9.94. The average molecular weight is 528 g/mol. The number of ketones is 1. The van der Waals surface area contributed by atoms with E-state index in [2.05, 4.69) is 9.88 Å². The monoisotopic (exact) mass is 527 g/mol. The Kier molecular flexibility index (Phi) is 8.34. The van der Waals surface area contributed by atoms with Crippen molar-refractivity contribution >= 4 is 17.4 Å². The summed E-state index contributed by atoms with van der Waals surface area (Å²) in [7, 11) is 0. The molecule has 2 fully saturated rings. The van der Waals surface area contributed by atoms with Gasteiger partial charge in [0.2, 0.25) is 0 Å². The molecule has 5 rings (SSSR count). The Hall–Kier alpha value is -4.01. The average Bonchev–Trinajstić information content (AvgIpc) is 3.22. The van der Waals surface area contributed by atoms with Gasteiger partial charge in [-0.05, 0) is 54.3 Å². The van der Waals surface area contributed by atoms with Crippen LogP contribution in [0, 0.1) is 6.92 Å². The summed E-state index contributed by atoms with van der Waals surface area (Å²) < 4.78 is 11.3. The molecule has 2 aromatic carbocycles. The number of rotatable bonds is 9. The highest BCUT2D eigenvalue weighted by Crippen LogP contribution is 2.40. The van der Waals surface area contributed by atoms with Crippen LogP contribution in [-0.4, -0.2) is 71.0 Å². The van der Waals surface area contributed by atoms with Gasteiger partial charge in [-0.15, -0.1) is 0 Å². The maximum atomic E-state index is 13.3. The molecule has 1 N–H and O–H groups in total. The quantitative estimate of drug-likeness (QED) is 0.254. The van der Waals surface area contributed by atoms with Crippen LogP contribution in [0.25, 0.3) is 5.76 Å². The van der Waals surface area contributed by atoms with E-state index in [4.69, 9.17) is 9.47 Å². The van der Waals surface area contributed by atoms with Crippen molar-refractivity contribution in [1.29, 1.82) is 0 Å². The number of Topliss-reactive ketones (excluding diaryl/α,β-unsaturated/α-hetero) is 1. The molecule has 2 aliphatic heterocycles. The third-order valence-corrected chi connectivity index (χ3v) is 7.22. The molecule has 1 unspecified atom stereocenters. The number of pyridine rings is 1. The van der Waals surface area contributed by atoms with Gasteiger partial charge in [0, 0.05) is 44.1 Å². The van der Waals surface area contributed by atoms with Crippen LogP contribution in [0.3, 0.4) is 0 Å². The summed E-state index contributed by atoms with van der Waals surface area (Å²) in [6.07, 6.45) is 3.99. The summed E-state index contributed by atoms with van der Waals surface area (Å²) in [6, 6.07) is 18.1. The standard InChI is InChI=1S/C31H33N3O5/c1-22-19-25(39-21-23-7-3-2-4-8-23)10-11-26(22)29(35)27-28(24-9-5-12-32-20-24)34(31(37)30(27)36)14-6-13-33-15-17-38-18-16-33/h2-5,7-12,19-20,28,35H,6,13-18,21H2,1H3/b29-27+. The molecule has 0 aliphatic carbocycles. The second-order valence-electron chi connectivity index (χ2n) is 9.84. The normalized spacial score (nSPS) is 19.4. The Balaban J connectivity index is 1.40. The smallest absolute Gasteiger partial charge is 0.295 e. The van der Waals surface area contributed by atoms with Gasteiger partial charge in [0.25, 0.3) is 11.7 Å². The van der Waals surface area contributed by atoms with Crippen molar-refractivity contribution in [2.75, 3.05) is 39.4 Å². The van der Waals surface area contributed by atoms with Crippen LogP contribution < -0.4 is 4.74 Å². The van der Waals surface area contributed by atoms with E-state index in [0.717, 1.165) is 30.8 Å². The van der Waals surface area contributed by atoms with Crippen molar-refractivity contribution in [3.05, 3.63) is 101 Å². The third kappa shape index (κ3) is 6.02. The minimum atomic E-state index is -0.711. The van der Waals surface area contributed by atoms with Gasteiger partial charge in [-0.25, -0.2) is 0 Å². The molecule has 0 radical (unpaired) electrons. The molecule has 8 heteroatoms. The van der Waals surface area contributed by atoms with E-state index in [1.807, 2.05) is 49.4 Å². The molecule has 2 saturated heterocycles.